The summed E-state index contributed by atoms with van der Waals surface area (Å²) in [5.74, 6) is 2.09. The number of amides is 1. The Bertz CT molecular complexity index is 571. The second kappa shape index (κ2) is 9.12. The van der Waals surface area contributed by atoms with Crippen LogP contribution < -0.4 is 25.4 Å². The van der Waals surface area contributed by atoms with Crippen LogP contribution in [0.25, 0.3) is 0 Å². The molecule has 1 atom stereocenters. The zero-order valence-electron chi connectivity index (χ0n) is 16.5. The molecule has 2 rings (SSSR count). The molecule has 6 heteroatoms. The number of rotatable bonds is 9. The number of nitrogens with one attached hydrogen (secondary N) is 1. The fraction of sp³-hybridized carbons (Fsp3) is 0.650. The molecule has 1 fully saturated rings. The highest BCUT2D eigenvalue weighted by molar-refractivity contribution is 5.82. The van der Waals surface area contributed by atoms with Gasteiger partial charge in [-0.25, -0.2) is 0 Å². The molecule has 1 heterocycles. The van der Waals surface area contributed by atoms with Gasteiger partial charge in [-0.1, -0.05) is 13.8 Å². The molecule has 0 saturated carbocycles. The number of carbonyl (C=O) groups excluding carboxylic acids is 1. The Morgan fingerprint density at radius 2 is 1.85 bits per heavy atom. The average Bonchev–Trinajstić information content (AvgIpc) is 3.16. The lowest BCUT2D eigenvalue weighted by Gasteiger charge is -2.29. The Balaban J connectivity index is 1.96. The van der Waals surface area contributed by atoms with E-state index < -0.39 is 5.41 Å². The molecule has 1 aromatic rings. The first kappa shape index (κ1) is 20.4. The third-order valence-corrected chi connectivity index (χ3v) is 5.76. The van der Waals surface area contributed by atoms with Crippen LogP contribution in [0, 0.1) is 11.3 Å². The van der Waals surface area contributed by atoms with Crippen LogP contribution in [0.4, 0.5) is 5.69 Å². The van der Waals surface area contributed by atoms with Crippen molar-refractivity contribution >= 4 is 11.6 Å². The Hall–Kier alpha value is -1.95. The van der Waals surface area contributed by atoms with E-state index in [0.717, 1.165) is 49.5 Å². The predicted octanol–water partition coefficient (Wildman–Crippen LogP) is 2.41. The number of hydrogen-bond donors (Lipinski definition) is 2. The summed E-state index contributed by atoms with van der Waals surface area (Å²) in [6.07, 6.45) is 2.59. The smallest absolute Gasteiger partial charge is 0.227 e. The fourth-order valence-electron chi connectivity index (χ4n) is 3.59. The van der Waals surface area contributed by atoms with Crippen molar-refractivity contribution in [3.8, 4) is 11.5 Å². The van der Waals surface area contributed by atoms with Gasteiger partial charge < -0.3 is 25.4 Å². The lowest BCUT2D eigenvalue weighted by atomic mass is 9.81. The first-order valence-corrected chi connectivity index (χ1v) is 9.48. The summed E-state index contributed by atoms with van der Waals surface area (Å²) in [6.45, 7) is 7.02. The van der Waals surface area contributed by atoms with Crippen molar-refractivity contribution in [1.29, 1.82) is 0 Å². The number of hydrogen-bond acceptors (Lipinski definition) is 5. The Morgan fingerprint density at radius 3 is 2.35 bits per heavy atom. The Morgan fingerprint density at radius 1 is 1.23 bits per heavy atom. The molecule has 1 aliphatic heterocycles. The third-order valence-electron chi connectivity index (χ3n) is 5.76. The number of ether oxygens (including phenoxy) is 2. The van der Waals surface area contributed by atoms with Crippen LogP contribution in [0.3, 0.4) is 0 Å². The number of carbonyl (C=O) groups is 1. The van der Waals surface area contributed by atoms with Crippen LogP contribution in [0.2, 0.25) is 0 Å². The monoisotopic (exact) mass is 363 g/mol. The highest BCUT2D eigenvalue weighted by Gasteiger charge is 2.34. The summed E-state index contributed by atoms with van der Waals surface area (Å²) >= 11 is 0. The van der Waals surface area contributed by atoms with Crippen molar-refractivity contribution in [3.63, 3.8) is 0 Å². The summed E-state index contributed by atoms with van der Waals surface area (Å²) in [7, 11) is 3.32. The fourth-order valence-corrected chi connectivity index (χ4v) is 3.59. The van der Waals surface area contributed by atoms with Gasteiger partial charge in [0.15, 0.2) is 0 Å². The van der Waals surface area contributed by atoms with Crippen molar-refractivity contribution in [2.24, 2.45) is 17.1 Å². The summed E-state index contributed by atoms with van der Waals surface area (Å²) in [6, 6.07) is 5.92. The molecule has 1 amide bonds. The van der Waals surface area contributed by atoms with Gasteiger partial charge in [0.1, 0.15) is 11.5 Å². The van der Waals surface area contributed by atoms with Gasteiger partial charge in [-0.3, -0.25) is 4.79 Å². The highest BCUT2D eigenvalue weighted by atomic mass is 16.5. The van der Waals surface area contributed by atoms with Crippen LogP contribution in [0.5, 0.6) is 11.5 Å². The molecular formula is C20H33N3O3. The maximum Gasteiger partial charge on any atom is 0.227 e. The maximum absolute atomic E-state index is 12.6. The minimum atomic E-state index is -0.432. The molecule has 0 radical (unpaired) electrons. The van der Waals surface area contributed by atoms with Gasteiger partial charge >= 0.3 is 0 Å². The van der Waals surface area contributed by atoms with E-state index in [1.165, 1.54) is 0 Å². The van der Waals surface area contributed by atoms with E-state index in [1.807, 2.05) is 32.0 Å². The molecule has 1 saturated heterocycles. The van der Waals surface area contributed by atoms with Crippen molar-refractivity contribution in [3.05, 3.63) is 18.2 Å². The molecule has 3 N–H and O–H groups in total. The zero-order valence-corrected chi connectivity index (χ0v) is 16.5. The molecule has 146 valence electrons. The van der Waals surface area contributed by atoms with Crippen molar-refractivity contribution in [2.45, 2.75) is 33.1 Å². The second-order valence-electron chi connectivity index (χ2n) is 7.07. The van der Waals surface area contributed by atoms with Gasteiger partial charge in [0.2, 0.25) is 5.91 Å². The van der Waals surface area contributed by atoms with E-state index in [4.69, 9.17) is 15.2 Å². The first-order chi connectivity index (χ1) is 12.5. The minimum Gasteiger partial charge on any atom is -0.497 e. The van der Waals surface area contributed by atoms with Crippen LogP contribution in [0.15, 0.2) is 18.2 Å². The number of benzene rings is 1. The van der Waals surface area contributed by atoms with E-state index in [0.29, 0.717) is 19.0 Å². The van der Waals surface area contributed by atoms with Crippen LogP contribution in [-0.2, 0) is 4.79 Å². The van der Waals surface area contributed by atoms with E-state index in [9.17, 15) is 4.79 Å². The van der Waals surface area contributed by atoms with Crippen LogP contribution >= 0.6 is 0 Å². The molecule has 1 unspecified atom stereocenters. The molecule has 6 nitrogen and oxygen atoms in total. The summed E-state index contributed by atoms with van der Waals surface area (Å²) in [5.41, 5.74) is 6.53. The topological polar surface area (TPSA) is 76.8 Å². The maximum atomic E-state index is 12.6. The van der Waals surface area contributed by atoms with E-state index in [1.54, 1.807) is 14.2 Å². The second-order valence-corrected chi connectivity index (χ2v) is 7.07. The van der Waals surface area contributed by atoms with Gasteiger partial charge in [0, 0.05) is 50.1 Å². The number of nitrogens with two attached hydrogens (primary N) is 1. The molecule has 0 bridgehead atoms. The van der Waals surface area contributed by atoms with Crippen molar-refractivity contribution < 1.29 is 14.3 Å². The van der Waals surface area contributed by atoms with E-state index in [2.05, 4.69) is 10.2 Å². The van der Waals surface area contributed by atoms with Crippen LogP contribution in [-0.4, -0.2) is 46.3 Å². The van der Waals surface area contributed by atoms with Gasteiger partial charge in [-0.15, -0.1) is 0 Å². The lowest BCUT2D eigenvalue weighted by Crippen LogP contribution is -2.46. The normalized spacial score (nSPS) is 17.3. The van der Waals surface area contributed by atoms with Gasteiger partial charge in [-0.05, 0) is 25.2 Å². The zero-order chi connectivity index (χ0) is 19.2. The molecule has 1 aromatic carbocycles. The standard InChI is InChI=1S/C20H33N3O3/c1-5-20(6-2,14-21)19(24)22-12-15-7-8-23(13-15)16-9-17(25-3)11-18(10-16)26-4/h9-11,15H,5-8,12-14,21H2,1-4H3,(H,22,24). The molecular weight excluding hydrogens is 330 g/mol. The van der Waals surface area contributed by atoms with Crippen LogP contribution in [0.1, 0.15) is 33.1 Å². The molecule has 0 aromatic heterocycles. The summed E-state index contributed by atoms with van der Waals surface area (Å²) < 4.78 is 10.7. The molecule has 1 aliphatic rings. The largest absolute Gasteiger partial charge is 0.497 e. The van der Waals surface area contributed by atoms with Crippen molar-refractivity contribution in [2.75, 3.05) is 45.3 Å². The average molecular weight is 364 g/mol. The van der Waals surface area contributed by atoms with Crippen molar-refractivity contribution in [1.82, 2.24) is 5.32 Å². The highest BCUT2D eigenvalue weighted by Crippen LogP contribution is 2.32. The van der Waals surface area contributed by atoms with E-state index in [-0.39, 0.29) is 5.91 Å². The third kappa shape index (κ3) is 4.41. The van der Waals surface area contributed by atoms with E-state index >= 15 is 0 Å². The Labute approximate surface area is 157 Å². The van der Waals surface area contributed by atoms with Gasteiger partial charge in [0.25, 0.3) is 0 Å². The summed E-state index contributed by atoms with van der Waals surface area (Å²) in [5, 5.41) is 3.14. The number of nitrogens with zero attached hydrogens (tertiary/aromatic N) is 1. The predicted molar refractivity (Wildman–Crippen MR) is 105 cm³/mol. The lowest BCUT2D eigenvalue weighted by molar-refractivity contribution is -0.131. The SMILES string of the molecule is CCC(CC)(CN)C(=O)NCC1CCN(c2cc(OC)cc(OC)c2)C1. The quantitative estimate of drug-likeness (QED) is 0.705. The van der Waals surface area contributed by atoms with Gasteiger partial charge in [-0.2, -0.15) is 0 Å². The molecule has 26 heavy (non-hydrogen) atoms. The summed E-state index contributed by atoms with van der Waals surface area (Å²) in [4.78, 5) is 14.9. The minimum absolute atomic E-state index is 0.0894. The number of methoxy groups -OCH3 is 2. The Kier molecular flexibility index (Phi) is 7.14. The first-order valence-electron chi connectivity index (χ1n) is 9.48. The van der Waals surface area contributed by atoms with Gasteiger partial charge in [0.05, 0.1) is 19.6 Å². The molecule has 0 aliphatic carbocycles. The number of anilines is 1. The molecule has 0 spiro atoms.